The van der Waals surface area contributed by atoms with Crippen molar-refractivity contribution in [3.8, 4) is 0 Å². The van der Waals surface area contributed by atoms with Gasteiger partial charge in [0.05, 0.1) is 17.1 Å². The first-order valence-corrected chi connectivity index (χ1v) is 9.23. The fraction of sp³-hybridized carbons (Fsp3) is 0.412. The highest BCUT2D eigenvalue weighted by Gasteiger charge is 2.25. The Labute approximate surface area is 137 Å². The molecule has 2 aromatic rings. The summed E-state index contributed by atoms with van der Waals surface area (Å²) in [6.45, 7) is 5.79. The first-order chi connectivity index (χ1) is 10.9. The van der Waals surface area contributed by atoms with Crippen LogP contribution in [0.15, 0.2) is 29.4 Å². The summed E-state index contributed by atoms with van der Waals surface area (Å²) < 4.78 is 27.9. The molecule has 0 saturated heterocycles. The van der Waals surface area contributed by atoms with Gasteiger partial charge in [0, 0.05) is 11.6 Å². The van der Waals surface area contributed by atoms with Gasteiger partial charge in [-0.2, -0.15) is 0 Å². The van der Waals surface area contributed by atoms with E-state index in [9.17, 15) is 8.42 Å². The largest absolute Gasteiger partial charge is 0.241 e. The average molecular weight is 331 g/mol. The number of hydrogen-bond acceptors (Lipinski definition) is 4. The maximum Gasteiger partial charge on any atom is 0.241 e. The summed E-state index contributed by atoms with van der Waals surface area (Å²) in [5.74, 6) is 0.523. The fourth-order valence-corrected chi connectivity index (χ4v) is 4.39. The third-order valence-electron chi connectivity index (χ3n) is 4.06. The summed E-state index contributed by atoms with van der Waals surface area (Å²) in [7, 11) is -3.56. The second-order valence-electron chi connectivity index (χ2n) is 6.26. The van der Waals surface area contributed by atoms with Crippen LogP contribution in [-0.2, 0) is 16.6 Å². The van der Waals surface area contributed by atoms with Crippen molar-refractivity contribution < 1.29 is 8.42 Å². The molecule has 1 aliphatic carbocycles. The quantitative estimate of drug-likeness (QED) is 0.914. The lowest BCUT2D eigenvalue weighted by molar-refractivity contribution is 0.579. The van der Waals surface area contributed by atoms with Gasteiger partial charge in [0.25, 0.3) is 0 Å². The van der Waals surface area contributed by atoms with Crippen LogP contribution < -0.4 is 4.72 Å². The molecule has 122 valence electrons. The Morgan fingerprint density at radius 1 is 1.09 bits per heavy atom. The number of nitrogens with one attached hydrogen (secondary N) is 1. The van der Waals surface area contributed by atoms with Crippen LogP contribution in [0.25, 0.3) is 0 Å². The number of aryl methyl sites for hydroxylation is 3. The van der Waals surface area contributed by atoms with Crippen molar-refractivity contribution in [1.29, 1.82) is 0 Å². The van der Waals surface area contributed by atoms with Crippen molar-refractivity contribution in [3.05, 3.63) is 52.6 Å². The molecule has 1 aromatic heterocycles. The van der Waals surface area contributed by atoms with Gasteiger partial charge in [0.15, 0.2) is 0 Å². The van der Waals surface area contributed by atoms with Crippen LogP contribution in [0.4, 0.5) is 0 Å². The minimum Gasteiger partial charge on any atom is -0.241 e. The summed E-state index contributed by atoms with van der Waals surface area (Å²) in [5, 5.41) is 0. The van der Waals surface area contributed by atoms with Crippen LogP contribution in [0.5, 0.6) is 0 Å². The van der Waals surface area contributed by atoms with Gasteiger partial charge in [0.1, 0.15) is 6.33 Å². The number of rotatable bonds is 5. The van der Waals surface area contributed by atoms with E-state index in [0.717, 1.165) is 35.2 Å². The van der Waals surface area contributed by atoms with Crippen molar-refractivity contribution in [3.63, 3.8) is 0 Å². The fourth-order valence-electron chi connectivity index (χ4n) is 2.95. The number of hydrogen-bond donors (Lipinski definition) is 1. The van der Waals surface area contributed by atoms with E-state index in [-0.39, 0.29) is 6.54 Å². The van der Waals surface area contributed by atoms with Gasteiger partial charge >= 0.3 is 0 Å². The Hall–Kier alpha value is -1.79. The monoisotopic (exact) mass is 331 g/mol. The van der Waals surface area contributed by atoms with Gasteiger partial charge in [-0.15, -0.1) is 0 Å². The molecule has 1 saturated carbocycles. The van der Waals surface area contributed by atoms with Gasteiger partial charge in [-0.3, -0.25) is 0 Å². The van der Waals surface area contributed by atoms with Crippen LogP contribution in [0, 0.1) is 20.8 Å². The van der Waals surface area contributed by atoms with Crippen molar-refractivity contribution in [2.75, 3.05) is 0 Å². The minimum absolute atomic E-state index is 0.178. The molecule has 6 heteroatoms. The van der Waals surface area contributed by atoms with E-state index in [1.54, 1.807) is 0 Å². The molecular weight excluding hydrogens is 310 g/mol. The van der Waals surface area contributed by atoms with E-state index in [2.05, 4.69) is 14.7 Å². The Balaban J connectivity index is 1.80. The first-order valence-electron chi connectivity index (χ1n) is 7.75. The zero-order chi connectivity index (χ0) is 16.6. The summed E-state index contributed by atoms with van der Waals surface area (Å²) in [5.41, 5.74) is 4.29. The maximum absolute atomic E-state index is 12.6. The van der Waals surface area contributed by atoms with Crippen LogP contribution in [0.2, 0.25) is 0 Å². The third-order valence-corrected chi connectivity index (χ3v) is 5.76. The summed E-state index contributed by atoms with van der Waals surface area (Å²) in [4.78, 5) is 8.78. The molecule has 1 heterocycles. The number of aromatic nitrogens is 2. The standard InChI is InChI=1S/C17H21N3O2S/c1-11-6-12(2)17(13(3)7-11)23(21,22)20-9-15-8-16(14-4-5-14)19-10-18-15/h6-8,10,14,20H,4-5,9H2,1-3H3. The van der Waals surface area contributed by atoms with Gasteiger partial charge in [-0.25, -0.2) is 23.1 Å². The van der Waals surface area contributed by atoms with E-state index in [1.807, 2.05) is 39.0 Å². The second kappa shape index (κ2) is 6.02. The predicted octanol–water partition coefficient (Wildman–Crippen LogP) is 2.76. The lowest BCUT2D eigenvalue weighted by atomic mass is 10.1. The Bertz CT molecular complexity index is 820. The molecule has 23 heavy (non-hydrogen) atoms. The number of sulfonamides is 1. The zero-order valence-electron chi connectivity index (χ0n) is 13.6. The summed E-state index contributed by atoms with van der Waals surface area (Å²) in [6.07, 6.45) is 3.83. The molecule has 1 aromatic carbocycles. The SMILES string of the molecule is Cc1cc(C)c(S(=O)(=O)NCc2cc(C3CC3)ncn2)c(C)c1. The third kappa shape index (κ3) is 3.59. The zero-order valence-corrected chi connectivity index (χ0v) is 14.4. The topological polar surface area (TPSA) is 72.0 Å². The minimum atomic E-state index is -3.56. The predicted molar refractivity (Wildman–Crippen MR) is 88.7 cm³/mol. The van der Waals surface area contributed by atoms with Gasteiger partial charge in [-0.05, 0) is 50.8 Å². The number of benzene rings is 1. The first kappa shape index (κ1) is 16.1. The lowest BCUT2D eigenvalue weighted by Crippen LogP contribution is -2.25. The van der Waals surface area contributed by atoms with E-state index in [0.29, 0.717) is 16.5 Å². The van der Waals surface area contributed by atoms with Crippen LogP contribution >= 0.6 is 0 Å². The van der Waals surface area contributed by atoms with Crippen LogP contribution in [0.3, 0.4) is 0 Å². The van der Waals surface area contributed by atoms with Crippen molar-refractivity contribution >= 4 is 10.0 Å². The molecule has 5 nitrogen and oxygen atoms in total. The highest BCUT2D eigenvalue weighted by molar-refractivity contribution is 7.89. The van der Waals surface area contributed by atoms with Gasteiger partial charge in [0.2, 0.25) is 10.0 Å². The van der Waals surface area contributed by atoms with Crippen molar-refractivity contribution in [1.82, 2.24) is 14.7 Å². The van der Waals surface area contributed by atoms with E-state index < -0.39 is 10.0 Å². The molecule has 1 fully saturated rings. The van der Waals surface area contributed by atoms with E-state index in [1.165, 1.54) is 6.33 Å². The second-order valence-corrected chi connectivity index (χ2v) is 7.96. The molecular formula is C17H21N3O2S. The Morgan fingerprint density at radius 3 is 2.35 bits per heavy atom. The van der Waals surface area contributed by atoms with Crippen molar-refractivity contribution in [2.45, 2.75) is 51.0 Å². The van der Waals surface area contributed by atoms with Gasteiger partial charge in [-0.1, -0.05) is 17.7 Å². The van der Waals surface area contributed by atoms with Crippen molar-refractivity contribution in [2.24, 2.45) is 0 Å². The molecule has 0 radical (unpaired) electrons. The molecule has 1 N–H and O–H groups in total. The highest BCUT2D eigenvalue weighted by atomic mass is 32.2. The Kier molecular flexibility index (Phi) is 4.21. The Morgan fingerprint density at radius 2 is 1.74 bits per heavy atom. The van der Waals surface area contributed by atoms with Crippen LogP contribution in [0.1, 0.15) is 46.8 Å². The normalized spacial score (nSPS) is 14.9. The lowest BCUT2D eigenvalue weighted by Gasteiger charge is -2.13. The van der Waals surface area contributed by atoms with Gasteiger partial charge < -0.3 is 0 Å². The van der Waals surface area contributed by atoms with E-state index >= 15 is 0 Å². The van der Waals surface area contributed by atoms with E-state index in [4.69, 9.17) is 0 Å². The summed E-state index contributed by atoms with van der Waals surface area (Å²) in [6, 6.07) is 5.67. The summed E-state index contributed by atoms with van der Waals surface area (Å²) >= 11 is 0. The molecule has 0 aliphatic heterocycles. The molecule has 1 aliphatic rings. The highest BCUT2D eigenvalue weighted by Crippen LogP contribution is 2.38. The number of nitrogens with zero attached hydrogens (tertiary/aromatic N) is 2. The molecule has 0 bridgehead atoms. The maximum atomic E-state index is 12.6. The molecule has 0 spiro atoms. The molecule has 3 rings (SSSR count). The molecule has 0 atom stereocenters. The van der Waals surface area contributed by atoms with Crippen LogP contribution in [-0.4, -0.2) is 18.4 Å². The molecule has 0 amide bonds. The average Bonchev–Trinajstić information content (AvgIpc) is 3.29. The smallest absolute Gasteiger partial charge is 0.241 e. The molecule has 0 unspecified atom stereocenters.